The van der Waals surface area contributed by atoms with Gasteiger partial charge in [-0.2, -0.15) is 0 Å². The summed E-state index contributed by atoms with van der Waals surface area (Å²) in [7, 11) is 0. The van der Waals surface area contributed by atoms with Crippen LogP contribution in [0.15, 0.2) is 0 Å². The predicted molar refractivity (Wildman–Crippen MR) is 51.3 cm³/mol. The molecule has 0 aliphatic heterocycles. The summed E-state index contributed by atoms with van der Waals surface area (Å²) in [5.41, 5.74) is 3.94. The minimum Gasteiger partial charge on any atom is -0.479 e. The average molecular weight is 250 g/mol. The van der Waals surface area contributed by atoms with Gasteiger partial charge in [0.1, 0.15) is 0 Å². The van der Waals surface area contributed by atoms with Crippen molar-refractivity contribution in [2.45, 2.75) is 10.4 Å². The van der Waals surface area contributed by atoms with E-state index in [2.05, 4.69) is 0 Å². The molecule has 0 fully saturated rings. The number of carbonyl (C=O) groups is 1. The van der Waals surface area contributed by atoms with Gasteiger partial charge < -0.3 is 26.2 Å². The van der Waals surface area contributed by atoms with Gasteiger partial charge in [-0.05, 0) is 0 Å². The largest absolute Gasteiger partial charge is 0.479 e. The summed E-state index contributed by atoms with van der Waals surface area (Å²) in [5.74, 6) is -1.21. The van der Waals surface area contributed by atoms with E-state index in [9.17, 15) is 4.79 Å². The number of halogens is 2. The molecule has 0 bridgehead atoms. The van der Waals surface area contributed by atoms with E-state index in [0.29, 0.717) is 0 Å². The second kappa shape index (κ2) is 8.22. The summed E-state index contributed by atoms with van der Waals surface area (Å²) in [6.07, 6.45) is 0. The van der Waals surface area contributed by atoms with Gasteiger partial charge >= 0.3 is 5.97 Å². The number of hydrogen-bond donors (Lipinski definition) is 5. The van der Waals surface area contributed by atoms with Crippen molar-refractivity contribution in [2.24, 2.45) is 5.73 Å². The Hall–Kier alpha value is -0.110. The maximum atomic E-state index is 9.44. The average Bonchev–Trinajstić information content (AvgIpc) is 2.17. The fourth-order valence-electron chi connectivity index (χ4n) is 0.150. The van der Waals surface area contributed by atoms with E-state index in [1.165, 1.54) is 0 Å². The molecular formula is C6H13Cl2NO5. The zero-order chi connectivity index (χ0) is 11.8. The summed E-state index contributed by atoms with van der Waals surface area (Å²) in [6, 6.07) is 0. The first-order valence-electron chi connectivity index (χ1n) is 3.45. The van der Waals surface area contributed by atoms with Gasteiger partial charge in [0.05, 0.1) is 25.4 Å². The lowest BCUT2D eigenvalue weighted by molar-refractivity contribution is -0.135. The molecular weight excluding hydrogens is 237 g/mol. The standard InChI is InChI=1S/C4H11NO3.C2H2Cl2O2/c5-4(1-6,2-7)3-8;3-1(4)2(5)6/h6-8H,1-3,5H2;1H,(H,5,6). The van der Waals surface area contributed by atoms with E-state index in [1.807, 2.05) is 0 Å². The Morgan fingerprint density at radius 1 is 1.21 bits per heavy atom. The van der Waals surface area contributed by atoms with Crippen LogP contribution in [-0.4, -0.2) is 56.6 Å². The Morgan fingerprint density at radius 3 is 1.43 bits per heavy atom. The molecule has 0 aromatic heterocycles. The number of hydrogen-bond acceptors (Lipinski definition) is 5. The van der Waals surface area contributed by atoms with E-state index in [1.54, 1.807) is 0 Å². The highest BCUT2D eigenvalue weighted by molar-refractivity contribution is 6.52. The van der Waals surface area contributed by atoms with Crippen LogP contribution < -0.4 is 5.73 Å². The molecule has 0 saturated heterocycles. The molecule has 0 aliphatic rings. The number of rotatable bonds is 4. The molecule has 0 aliphatic carbocycles. The van der Waals surface area contributed by atoms with Crippen LogP contribution in [0.4, 0.5) is 0 Å². The molecule has 0 rings (SSSR count). The molecule has 0 radical (unpaired) electrons. The molecule has 14 heavy (non-hydrogen) atoms. The molecule has 6 nitrogen and oxygen atoms in total. The second-order valence-corrected chi connectivity index (χ2v) is 3.57. The third-order valence-electron chi connectivity index (χ3n) is 1.13. The number of nitrogens with two attached hydrogens (primary N) is 1. The predicted octanol–water partition coefficient (Wildman–Crippen LogP) is -1.46. The highest BCUT2D eigenvalue weighted by atomic mass is 35.5. The molecule has 8 heteroatoms. The van der Waals surface area contributed by atoms with Crippen molar-refractivity contribution in [2.75, 3.05) is 19.8 Å². The molecule has 0 unspecified atom stereocenters. The third-order valence-corrected chi connectivity index (χ3v) is 1.50. The van der Waals surface area contributed by atoms with Crippen molar-refractivity contribution in [3.8, 4) is 0 Å². The third kappa shape index (κ3) is 8.49. The Labute approximate surface area is 90.9 Å². The van der Waals surface area contributed by atoms with Crippen molar-refractivity contribution >= 4 is 29.2 Å². The van der Waals surface area contributed by atoms with Crippen molar-refractivity contribution in [3.05, 3.63) is 0 Å². The van der Waals surface area contributed by atoms with Crippen LogP contribution in [0.25, 0.3) is 0 Å². The van der Waals surface area contributed by atoms with E-state index < -0.39 is 36.2 Å². The summed E-state index contributed by atoms with van der Waals surface area (Å²) in [4.78, 5) is 8.15. The fraction of sp³-hybridized carbons (Fsp3) is 0.833. The molecule has 0 heterocycles. The van der Waals surface area contributed by atoms with Crippen molar-refractivity contribution in [1.29, 1.82) is 0 Å². The molecule has 0 atom stereocenters. The molecule has 0 aromatic rings. The Kier molecular flexibility index (Phi) is 9.58. The fourth-order valence-corrected chi connectivity index (χ4v) is 0.150. The molecule has 86 valence electrons. The summed E-state index contributed by atoms with van der Waals surface area (Å²) >= 11 is 9.56. The van der Waals surface area contributed by atoms with Gasteiger partial charge in [-0.1, -0.05) is 23.2 Å². The SMILES string of the molecule is NC(CO)(CO)CO.O=C(O)C(Cl)Cl. The zero-order valence-electron chi connectivity index (χ0n) is 7.23. The topological polar surface area (TPSA) is 124 Å². The van der Waals surface area contributed by atoms with Crippen LogP contribution >= 0.6 is 23.2 Å². The monoisotopic (exact) mass is 249 g/mol. The first-order chi connectivity index (χ1) is 6.32. The highest BCUT2D eigenvalue weighted by Gasteiger charge is 2.20. The van der Waals surface area contributed by atoms with Gasteiger partial charge in [-0.3, -0.25) is 0 Å². The van der Waals surface area contributed by atoms with E-state index >= 15 is 0 Å². The summed E-state index contributed by atoms with van der Waals surface area (Å²) < 4.78 is 0. The summed E-state index contributed by atoms with van der Waals surface area (Å²) in [5, 5.41) is 32.7. The molecule has 0 spiro atoms. The second-order valence-electron chi connectivity index (χ2n) is 2.48. The molecule has 0 saturated carbocycles. The summed E-state index contributed by atoms with van der Waals surface area (Å²) in [6.45, 7) is -1.21. The zero-order valence-corrected chi connectivity index (χ0v) is 8.74. The number of aliphatic hydroxyl groups is 3. The number of alkyl halides is 2. The van der Waals surface area contributed by atoms with Gasteiger partial charge in [-0.25, -0.2) is 4.79 Å². The Bertz CT molecular complexity index is 154. The van der Waals surface area contributed by atoms with Crippen LogP contribution in [0.5, 0.6) is 0 Å². The van der Waals surface area contributed by atoms with Gasteiger partial charge in [0, 0.05) is 0 Å². The highest BCUT2D eigenvalue weighted by Crippen LogP contribution is 1.98. The molecule has 6 N–H and O–H groups in total. The minimum atomic E-state index is -1.29. The van der Waals surface area contributed by atoms with Crippen LogP contribution in [-0.2, 0) is 4.79 Å². The molecule has 0 amide bonds. The van der Waals surface area contributed by atoms with Crippen molar-refractivity contribution < 1.29 is 25.2 Å². The Balaban J connectivity index is 0. The van der Waals surface area contributed by atoms with Crippen molar-refractivity contribution in [1.82, 2.24) is 0 Å². The normalized spacial score (nSPS) is 10.8. The lowest BCUT2D eigenvalue weighted by atomic mass is 10.1. The van der Waals surface area contributed by atoms with Gasteiger partial charge in [0.2, 0.25) is 4.84 Å². The number of carboxylic acids is 1. The van der Waals surface area contributed by atoms with Crippen LogP contribution in [0.2, 0.25) is 0 Å². The minimum absolute atomic E-state index is 0.403. The van der Waals surface area contributed by atoms with Gasteiger partial charge in [0.25, 0.3) is 0 Å². The van der Waals surface area contributed by atoms with E-state index in [-0.39, 0.29) is 0 Å². The quantitative estimate of drug-likeness (QED) is 0.388. The number of aliphatic hydroxyl groups excluding tert-OH is 3. The van der Waals surface area contributed by atoms with E-state index in [4.69, 9.17) is 49.4 Å². The maximum absolute atomic E-state index is 9.44. The lowest BCUT2D eigenvalue weighted by Crippen LogP contribution is -2.50. The molecule has 0 aromatic carbocycles. The first-order valence-corrected chi connectivity index (χ1v) is 4.32. The smallest absolute Gasteiger partial charge is 0.337 e. The van der Waals surface area contributed by atoms with Crippen molar-refractivity contribution in [3.63, 3.8) is 0 Å². The number of carboxylic acid groups (broad SMARTS) is 1. The van der Waals surface area contributed by atoms with E-state index in [0.717, 1.165) is 0 Å². The Morgan fingerprint density at radius 2 is 1.43 bits per heavy atom. The van der Waals surface area contributed by atoms with Gasteiger partial charge in [0.15, 0.2) is 0 Å². The maximum Gasteiger partial charge on any atom is 0.337 e. The van der Waals surface area contributed by atoms with Crippen LogP contribution in [0, 0.1) is 0 Å². The first kappa shape index (κ1) is 16.3. The number of aliphatic carboxylic acids is 1. The van der Waals surface area contributed by atoms with Crippen LogP contribution in [0.3, 0.4) is 0 Å². The van der Waals surface area contributed by atoms with Gasteiger partial charge in [-0.15, -0.1) is 0 Å². The van der Waals surface area contributed by atoms with Crippen LogP contribution in [0.1, 0.15) is 0 Å². The lowest BCUT2D eigenvalue weighted by Gasteiger charge is -2.20.